The van der Waals surface area contributed by atoms with Crippen LogP contribution in [0.1, 0.15) is 12.5 Å². The average Bonchev–Trinajstić information content (AvgIpc) is 2.73. The minimum absolute atomic E-state index is 0.0907. The van der Waals surface area contributed by atoms with E-state index < -0.39 is 15.9 Å². The number of anilines is 2. The number of nitrogens with one attached hydrogen (secondary N) is 1. The maximum Gasteiger partial charge on any atom is 0.264 e. The van der Waals surface area contributed by atoms with E-state index in [1.807, 2.05) is 32.0 Å². The van der Waals surface area contributed by atoms with Crippen LogP contribution in [0, 0.1) is 6.92 Å². The highest BCUT2D eigenvalue weighted by atomic mass is 79.9. The van der Waals surface area contributed by atoms with Crippen LogP contribution in [0.5, 0.6) is 5.75 Å². The molecule has 3 aromatic carbocycles. The van der Waals surface area contributed by atoms with Crippen molar-refractivity contribution in [2.75, 3.05) is 22.8 Å². The molecule has 0 bridgehead atoms. The number of benzene rings is 3. The van der Waals surface area contributed by atoms with E-state index in [1.165, 1.54) is 12.1 Å². The van der Waals surface area contributed by atoms with Gasteiger partial charge in [-0.3, -0.25) is 9.10 Å². The van der Waals surface area contributed by atoms with Gasteiger partial charge in [-0.25, -0.2) is 8.42 Å². The molecular formula is C23H23BrN2O4S. The van der Waals surface area contributed by atoms with Crippen molar-refractivity contribution >= 4 is 43.2 Å². The van der Waals surface area contributed by atoms with E-state index in [-0.39, 0.29) is 11.4 Å². The molecule has 1 N–H and O–H groups in total. The first-order chi connectivity index (χ1) is 14.8. The number of halogens is 1. The quantitative estimate of drug-likeness (QED) is 0.470. The van der Waals surface area contributed by atoms with Crippen molar-refractivity contribution in [3.05, 3.63) is 82.8 Å². The zero-order valence-electron chi connectivity index (χ0n) is 17.2. The predicted octanol–water partition coefficient (Wildman–Crippen LogP) is 4.99. The fourth-order valence-electron chi connectivity index (χ4n) is 2.98. The van der Waals surface area contributed by atoms with Crippen LogP contribution < -0.4 is 14.4 Å². The monoisotopic (exact) mass is 502 g/mol. The third-order valence-electron chi connectivity index (χ3n) is 4.43. The van der Waals surface area contributed by atoms with Crippen molar-refractivity contribution in [2.45, 2.75) is 18.7 Å². The molecular weight excluding hydrogens is 480 g/mol. The molecule has 0 radical (unpaired) electrons. The van der Waals surface area contributed by atoms with E-state index in [4.69, 9.17) is 4.74 Å². The zero-order valence-corrected chi connectivity index (χ0v) is 19.6. The number of hydrogen-bond donors (Lipinski definition) is 1. The van der Waals surface area contributed by atoms with Crippen LogP contribution >= 0.6 is 15.9 Å². The molecule has 8 heteroatoms. The first-order valence-electron chi connectivity index (χ1n) is 9.67. The van der Waals surface area contributed by atoms with Crippen molar-refractivity contribution in [2.24, 2.45) is 0 Å². The van der Waals surface area contributed by atoms with Crippen LogP contribution in [0.15, 0.2) is 82.2 Å². The Morgan fingerprint density at radius 3 is 2.32 bits per heavy atom. The Hall–Kier alpha value is -2.84. The maximum absolute atomic E-state index is 13.4. The molecule has 31 heavy (non-hydrogen) atoms. The molecule has 6 nitrogen and oxygen atoms in total. The van der Waals surface area contributed by atoms with Gasteiger partial charge in [-0.2, -0.15) is 0 Å². The van der Waals surface area contributed by atoms with Crippen molar-refractivity contribution in [3.8, 4) is 5.75 Å². The first-order valence-corrected chi connectivity index (χ1v) is 11.9. The molecule has 0 aliphatic heterocycles. The van der Waals surface area contributed by atoms with E-state index in [0.717, 1.165) is 14.3 Å². The number of carbonyl (C=O) groups excluding carboxylic acids is 1. The van der Waals surface area contributed by atoms with E-state index in [0.29, 0.717) is 23.7 Å². The molecule has 0 aliphatic rings. The van der Waals surface area contributed by atoms with Crippen LogP contribution in [-0.2, 0) is 14.8 Å². The molecule has 162 valence electrons. The first kappa shape index (κ1) is 22.8. The molecule has 0 aliphatic carbocycles. The van der Waals surface area contributed by atoms with E-state index in [1.54, 1.807) is 42.5 Å². The van der Waals surface area contributed by atoms with Gasteiger partial charge in [0.2, 0.25) is 5.91 Å². The fourth-order valence-corrected chi connectivity index (χ4v) is 4.66. The molecule has 0 aromatic heterocycles. The lowest BCUT2D eigenvalue weighted by Crippen LogP contribution is -2.38. The van der Waals surface area contributed by atoms with Crippen LogP contribution in [-0.4, -0.2) is 27.5 Å². The second-order valence-electron chi connectivity index (χ2n) is 6.81. The van der Waals surface area contributed by atoms with Gasteiger partial charge in [0.05, 0.1) is 17.2 Å². The lowest BCUT2D eigenvalue weighted by molar-refractivity contribution is -0.114. The highest BCUT2D eigenvalue weighted by molar-refractivity contribution is 9.10. The van der Waals surface area contributed by atoms with Gasteiger partial charge in [0, 0.05) is 10.2 Å². The second-order valence-corrected chi connectivity index (χ2v) is 9.59. The number of rotatable bonds is 8. The third kappa shape index (κ3) is 5.86. The number of hydrogen-bond acceptors (Lipinski definition) is 4. The number of sulfonamides is 1. The Balaban J connectivity index is 1.93. The van der Waals surface area contributed by atoms with Crippen LogP contribution in [0.25, 0.3) is 0 Å². The summed E-state index contributed by atoms with van der Waals surface area (Å²) < 4.78 is 34.1. The highest BCUT2D eigenvalue weighted by Crippen LogP contribution is 2.27. The predicted molar refractivity (Wildman–Crippen MR) is 126 cm³/mol. The molecule has 0 saturated heterocycles. The van der Waals surface area contributed by atoms with Gasteiger partial charge in [-0.1, -0.05) is 28.1 Å². The van der Waals surface area contributed by atoms with Gasteiger partial charge in [0.25, 0.3) is 10.0 Å². The minimum Gasteiger partial charge on any atom is -0.494 e. The Bertz CT molecular complexity index is 1150. The minimum atomic E-state index is -3.98. The SMILES string of the molecule is CCOc1ccc(N(CC(=O)Nc2cccc(C)c2)S(=O)(=O)c2ccc(Br)cc2)cc1. The van der Waals surface area contributed by atoms with Gasteiger partial charge in [0.1, 0.15) is 12.3 Å². The molecule has 0 fully saturated rings. The number of amides is 1. The molecule has 0 saturated carbocycles. The Labute approximate surface area is 191 Å². The van der Waals surface area contributed by atoms with Crippen LogP contribution in [0.4, 0.5) is 11.4 Å². The topological polar surface area (TPSA) is 75.7 Å². The standard InChI is InChI=1S/C23H23BrN2O4S/c1-3-30-21-11-9-20(10-12-21)26(31(28,29)22-13-7-18(24)8-14-22)16-23(27)25-19-6-4-5-17(2)15-19/h4-15H,3,16H2,1-2H3,(H,25,27). The summed E-state index contributed by atoms with van der Waals surface area (Å²) >= 11 is 3.31. The summed E-state index contributed by atoms with van der Waals surface area (Å²) in [5.41, 5.74) is 1.96. The lowest BCUT2D eigenvalue weighted by atomic mass is 10.2. The molecule has 3 rings (SSSR count). The van der Waals surface area contributed by atoms with Crippen molar-refractivity contribution < 1.29 is 17.9 Å². The summed E-state index contributed by atoms with van der Waals surface area (Å²) in [7, 11) is -3.98. The molecule has 1 amide bonds. The van der Waals surface area contributed by atoms with E-state index in [9.17, 15) is 13.2 Å². The van der Waals surface area contributed by atoms with Crippen molar-refractivity contribution in [1.82, 2.24) is 0 Å². The van der Waals surface area contributed by atoms with Crippen molar-refractivity contribution in [1.29, 1.82) is 0 Å². The van der Waals surface area contributed by atoms with E-state index >= 15 is 0 Å². The van der Waals surface area contributed by atoms with Gasteiger partial charge in [0.15, 0.2) is 0 Å². The number of carbonyl (C=O) groups is 1. The summed E-state index contributed by atoms with van der Waals surface area (Å²) in [6.45, 7) is 3.91. The molecule has 3 aromatic rings. The van der Waals surface area contributed by atoms with Crippen molar-refractivity contribution in [3.63, 3.8) is 0 Å². The molecule has 0 atom stereocenters. The lowest BCUT2D eigenvalue weighted by Gasteiger charge is -2.24. The Morgan fingerprint density at radius 1 is 1.03 bits per heavy atom. The summed E-state index contributed by atoms with van der Waals surface area (Å²) in [5.74, 6) is 0.177. The Kier molecular flexibility index (Phi) is 7.35. The van der Waals surface area contributed by atoms with Gasteiger partial charge >= 0.3 is 0 Å². The molecule has 0 heterocycles. The van der Waals surface area contributed by atoms with E-state index in [2.05, 4.69) is 21.2 Å². The normalized spacial score (nSPS) is 11.1. The summed E-state index contributed by atoms with van der Waals surface area (Å²) in [6.07, 6.45) is 0. The largest absolute Gasteiger partial charge is 0.494 e. The Morgan fingerprint density at radius 2 is 1.71 bits per heavy atom. The van der Waals surface area contributed by atoms with Gasteiger partial charge in [-0.15, -0.1) is 0 Å². The number of nitrogens with zero attached hydrogens (tertiary/aromatic N) is 1. The van der Waals surface area contributed by atoms with Gasteiger partial charge in [-0.05, 0) is 80.1 Å². The van der Waals surface area contributed by atoms with Gasteiger partial charge < -0.3 is 10.1 Å². The van der Waals surface area contributed by atoms with Crippen LogP contribution in [0.2, 0.25) is 0 Å². The average molecular weight is 503 g/mol. The maximum atomic E-state index is 13.4. The van der Waals surface area contributed by atoms with Crippen LogP contribution in [0.3, 0.4) is 0 Å². The second kappa shape index (κ2) is 9.98. The molecule has 0 spiro atoms. The fraction of sp³-hybridized carbons (Fsp3) is 0.174. The highest BCUT2D eigenvalue weighted by Gasteiger charge is 2.27. The summed E-state index contributed by atoms with van der Waals surface area (Å²) in [4.78, 5) is 12.9. The zero-order chi connectivity index (χ0) is 22.4. The number of ether oxygens (including phenoxy) is 1. The molecule has 0 unspecified atom stereocenters. The summed E-state index contributed by atoms with van der Waals surface area (Å²) in [6, 6.07) is 20.2. The summed E-state index contributed by atoms with van der Waals surface area (Å²) in [5, 5.41) is 2.77. The number of aryl methyl sites for hydroxylation is 1. The smallest absolute Gasteiger partial charge is 0.264 e. The third-order valence-corrected chi connectivity index (χ3v) is 6.74.